The lowest BCUT2D eigenvalue weighted by Crippen LogP contribution is -2.43. The number of hydrogen-bond acceptors (Lipinski definition) is 8. The number of imidazole rings is 1. The largest absolute Gasteiger partial charge is 0.394 e. The molecular weight excluding hydrogens is 289 g/mol. The number of fused-ring (bicyclic) bond motifs is 1. The van der Waals surface area contributed by atoms with Gasteiger partial charge in [0.15, 0.2) is 6.23 Å². The smallest absolute Gasteiger partial charge is 0.357 e. The van der Waals surface area contributed by atoms with Crippen LogP contribution in [0.5, 0.6) is 0 Å². The highest BCUT2D eigenvalue weighted by Crippen LogP contribution is 2.40. The van der Waals surface area contributed by atoms with Crippen LogP contribution in [-0.2, 0) is 4.74 Å². The van der Waals surface area contributed by atoms with Gasteiger partial charge in [0.1, 0.15) is 12.2 Å². The molecule has 2 aromatic rings. The van der Waals surface area contributed by atoms with E-state index in [1.165, 1.54) is 12.4 Å². The Morgan fingerprint density at radius 3 is 2.81 bits per heavy atom. The van der Waals surface area contributed by atoms with Gasteiger partial charge in [-0.2, -0.15) is 9.97 Å². The number of hydrogen-bond donors (Lipinski definition) is 4. The molecule has 1 saturated heterocycles. The number of rotatable bonds is 2. The molecule has 4 atom stereocenters. The molecule has 3 rings (SSSR count). The van der Waals surface area contributed by atoms with E-state index in [1.54, 1.807) is 0 Å². The van der Waals surface area contributed by atoms with Gasteiger partial charge in [-0.05, 0) is 0 Å². The second kappa shape index (κ2) is 4.46. The number of aromatic nitrogens is 4. The number of anilines is 1. The van der Waals surface area contributed by atoms with Crippen molar-refractivity contribution < 1.29 is 24.4 Å². The minimum Gasteiger partial charge on any atom is -0.394 e. The van der Waals surface area contributed by atoms with Crippen LogP contribution in [0.3, 0.4) is 0 Å². The molecule has 0 saturated carbocycles. The molecular formula is C10H12FN5O5. The van der Waals surface area contributed by atoms with E-state index >= 15 is 0 Å². The molecule has 0 amide bonds. The number of alkyl halides is 1. The normalized spacial score (nSPS) is 32.9. The molecule has 1 fully saturated rings. The summed E-state index contributed by atoms with van der Waals surface area (Å²) in [5.41, 5.74) is 4.62. The summed E-state index contributed by atoms with van der Waals surface area (Å²) < 4.78 is 21.3. The molecule has 0 aliphatic carbocycles. The Hall–Kier alpha value is -2.08. The third kappa shape index (κ3) is 1.90. The van der Waals surface area contributed by atoms with Gasteiger partial charge in [-0.3, -0.25) is 4.57 Å². The third-order valence-corrected chi connectivity index (χ3v) is 3.30. The highest BCUT2D eigenvalue weighted by molar-refractivity contribution is 5.35. The van der Waals surface area contributed by atoms with Crippen LogP contribution in [-0.4, -0.2) is 58.9 Å². The fraction of sp³-hybridized carbons (Fsp3) is 0.500. The average molecular weight is 301 g/mol. The van der Waals surface area contributed by atoms with E-state index < -0.39 is 36.6 Å². The molecule has 1 aliphatic rings. The van der Waals surface area contributed by atoms with Gasteiger partial charge in [0, 0.05) is 12.4 Å². The maximum absolute atomic E-state index is 14.3. The number of ether oxygens (including phenoxy) is 1. The van der Waals surface area contributed by atoms with E-state index in [9.17, 15) is 19.4 Å². The predicted octanol–water partition coefficient (Wildman–Crippen LogP) is -2.62. The number of nitrogens with zero attached hydrogens (tertiary/aromatic N) is 4. The van der Waals surface area contributed by atoms with Crippen molar-refractivity contribution in [3.63, 3.8) is 0 Å². The molecule has 0 spiro atoms. The Labute approximate surface area is 115 Å². The van der Waals surface area contributed by atoms with E-state index in [1.807, 2.05) is 0 Å². The third-order valence-electron chi connectivity index (χ3n) is 3.30. The zero-order valence-corrected chi connectivity index (χ0v) is 10.5. The molecule has 5 N–H and O–H groups in total. The molecule has 0 unspecified atom stereocenters. The van der Waals surface area contributed by atoms with Crippen LogP contribution < -0.4 is 11.4 Å². The minimum atomic E-state index is -3.18. The number of halogens is 1. The highest BCUT2D eigenvalue weighted by Gasteiger charge is 2.57. The standard InChI is InChI=1S/C10H12FN5O5/c11-10(20)5(18)4(3-17)21-6(10)15-1-2-16-8(15)13-7(12)14-9(16)19/h1-2,4-6,17-18,20H,3H2,(H2,12,14,19)/t4-,5-,6-,10-/m1/s1. The first kappa shape index (κ1) is 13.9. The second-order valence-corrected chi connectivity index (χ2v) is 4.62. The van der Waals surface area contributed by atoms with Gasteiger partial charge in [-0.25, -0.2) is 13.6 Å². The molecule has 10 nitrogen and oxygen atoms in total. The lowest BCUT2D eigenvalue weighted by Gasteiger charge is -2.23. The zero-order valence-electron chi connectivity index (χ0n) is 10.5. The topological polar surface area (TPSA) is 148 Å². The minimum absolute atomic E-state index is 0.126. The van der Waals surface area contributed by atoms with Crippen LogP contribution in [0.15, 0.2) is 17.2 Å². The molecule has 0 aromatic carbocycles. The highest BCUT2D eigenvalue weighted by atomic mass is 19.2. The van der Waals surface area contributed by atoms with Crippen LogP contribution in [0.25, 0.3) is 5.78 Å². The van der Waals surface area contributed by atoms with Crippen molar-refractivity contribution in [3.05, 3.63) is 22.9 Å². The van der Waals surface area contributed by atoms with Crippen molar-refractivity contribution in [2.75, 3.05) is 12.3 Å². The van der Waals surface area contributed by atoms with Gasteiger partial charge in [-0.1, -0.05) is 0 Å². The summed E-state index contributed by atoms with van der Waals surface area (Å²) >= 11 is 0. The molecule has 0 radical (unpaired) electrons. The van der Waals surface area contributed by atoms with E-state index in [-0.39, 0.29) is 11.7 Å². The van der Waals surface area contributed by atoms with E-state index in [0.717, 1.165) is 8.97 Å². The van der Waals surface area contributed by atoms with Gasteiger partial charge in [0.25, 0.3) is 5.85 Å². The number of nitrogen functional groups attached to an aromatic ring is 1. The second-order valence-electron chi connectivity index (χ2n) is 4.62. The van der Waals surface area contributed by atoms with Crippen molar-refractivity contribution in [1.29, 1.82) is 0 Å². The zero-order chi connectivity index (χ0) is 15.4. The van der Waals surface area contributed by atoms with E-state index in [2.05, 4.69) is 9.97 Å². The van der Waals surface area contributed by atoms with Gasteiger partial charge < -0.3 is 25.8 Å². The van der Waals surface area contributed by atoms with Crippen molar-refractivity contribution in [3.8, 4) is 0 Å². The molecule has 11 heteroatoms. The summed E-state index contributed by atoms with van der Waals surface area (Å²) in [4.78, 5) is 18.8. The van der Waals surface area contributed by atoms with Crippen molar-refractivity contribution >= 4 is 11.7 Å². The summed E-state index contributed by atoms with van der Waals surface area (Å²) in [6, 6.07) is 0. The van der Waals surface area contributed by atoms with E-state index in [4.69, 9.17) is 15.6 Å². The quantitative estimate of drug-likeness (QED) is 0.471. The van der Waals surface area contributed by atoms with Crippen LogP contribution >= 0.6 is 0 Å². The fourth-order valence-corrected chi connectivity index (χ4v) is 2.27. The first-order valence-electron chi connectivity index (χ1n) is 5.94. The first-order chi connectivity index (χ1) is 9.86. The van der Waals surface area contributed by atoms with Crippen molar-refractivity contribution in [2.45, 2.75) is 24.3 Å². The van der Waals surface area contributed by atoms with Gasteiger partial charge in [0.05, 0.1) is 6.61 Å². The molecule has 114 valence electrons. The van der Waals surface area contributed by atoms with Crippen LogP contribution in [0.4, 0.5) is 10.3 Å². The molecule has 0 bridgehead atoms. The van der Waals surface area contributed by atoms with Crippen molar-refractivity contribution in [2.24, 2.45) is 0 Å². The van der Waals surface area contributed by atoms with Crippen molar-refractivity contribution in [1.82, 2.24) is 18.9 Å². The maximum atomic E-state index is 14.3. The molecule has 1 aliphatic heterocycles. The monoisotopic (exact) mass is 301 g/mol. The Bertz CT molecular complexity index is 743. The SMILES string of the molecule is Nc1nc(=O)n2ccn([C@@H]3O[C@H](CO)[C@@H](O)[C@]3(O)F)c2n1. The Morgan fingerprint density at radius 2 is 2.19 bits per heavy atom. The molecule has 21 heavy (non-hydrogen) atoms. The summed E-state index contributed by atoms with van der Waals surface area (Å²) in [7, 11) is 0. The van der Waals surface area contributed by atoms with Crippen LogP contribution in [0, 0.1) is 0 Å². The van der Waals surface area contributed by atoms with Crippen LogP contribution in [0.1, 0.15) is 6.23 Å². The molecule has 2 aromatic heterocycles. The lowest BCUT2D eigenvalue weighted by atomic mass is 10.1. The first-order valence-corrected chi connectivity index (χ1v) is 5.94. The Kier molecular flexibility index (Phi) is 2.95. The van der Waals surface area contributed by atoms with Crippen LogP contribution in [0.2, 0.25) is 0 Å². The van der Waals surface area contributed by atoms with Gasteiger partial charge in [-0.15, -0.1) is 0 Å². The summed E-state index contributed by atoms with van der Waals surface area (Å²) in [6.07, 6.45) is -2.54. The average Bonchev–Trinajstić information content (AvgIpc) is 2.91. The maximum Gasteiger partial charge on any atom is 0.357 e. The van der Waals surface area contributed by atoms with Gasteiger partial charge >= 0.3 is 5.69 Å². The fourth-order valence-electron chi connectivity index (χ4n) is 2.27. The molecule has 3 heterocycles. The number of nitrogens with two attached hydrogens (primary N) is 1. The number of aliphatic hydroxyl groups is 3. The Balaban J connectivity index is 2.15. The lowest BCUT2D eigenvalue weighted by molar-refractivity contribution is -0.194. The van der Waals surface area contributed by atoms with Gasteiger partial charge in [0.2, 0.25) is 11.7 Å². The summed E-state index contributed by atoms with van der Waals surface area (Å²) in [6.45, 7) is -0.694. The predicted molar refractivity (Wildman–Crippen MR) is 64.7 cm³/mol. The summed E-state index contributed by atoms with van der Waals surface area (Å²) in [5, 5.41) is 28.4. The Morgan fingerprint density at radius 1 is 1.48 bits per heavy atom. The van der Waals surface area contributed by atoms with E-state index in [0.29, 0.717) is 0 Å². The summed E-state index contributed by atoms with van der Waals surface area (Å²) in [5.74, 6) is -3.64. The number of aliphatic hydroxyl groups excluding tert-OH is 2.